The number of likely N-dealkylation sites (N-methyl/N-ethyl adjacent to an activating group) is 1. The molecule has 1 saturated heterocycles. The van der Waals surface area contributed by atoms with Crippen LogP contribution in [0.5, 0.6) is 0 Å². The summed E-state index contributed by atoms with van der Waals surface area (Å²) >= 11 is 5.27. The number of nitrogens with two attached hydrogens (primary N) is 1. The Morgan fingerprint density at radius 2 is 2.47 bits per heavy atom. The van der Waals surface area contributed by atoms with Gasteiger partial charge in [0.25, 0.3) is 0 Å². The number of ether oxygens (including phenoxy) is 1. The van der Waals surface area contributed by atoms with Crippen molar-refractivity contribution in [3.63, 3.8) is 0 Å². The van der Waals surface area contributed by atoms with Crippen LogP contribution in [0.3, 0.4) is 0 Å². The van der Waals surface area contributed by atoms with E-state index in [1.54, 1.807) is 11.3 Å². The van der Waals surface area contributed by atoms with E-state index in [1.807, 2.05) is 0 Å². The highest BCUT2D eigenvalue weighted by Crippen LogP contribution is 2.32. The first-order valence-corrected chi connectivity index (χ1v) is 7.51. The molecule has 2 unspecified atom stereocenters. The zero-order valence-electron chi connectivity index (χ0n) is 10.3. The van der Waals surface area contributed by atoms with Gasteiger partial charge in [-0.05, 0) is 42.4 Å². The molecule has 1 fully saturated rings. The third-order valence-electron chi connectivity index (χ3n) is 3.79. The summed E-state index contributed by atoms with van der Waals surface area (Å²) in [6.45, 7) is 4.52. The lowest BCUT2D eigenvalue weighted by Crippen LogP contribution is -2.56. The molecule has 0 aromatic carbocycles. The van der Waals surface area contributed by atoms with Crippen LogP contribution >= 0.6 is 27.3 Å². The van der Waals surface area contributed by atoms with Gasteiger partial charge in [-0.1, -0.05) is 0 Å². The fourth-order valence-electron chi connectivity index (χ4n) is 2.52. The molecule has 0 amide bonds. The molecule has 2 rings (SSSR count). The molecule has 2 N–H and O–H groups in total. The van der Waals surface area contributed by atoms with Crippen LogP contribution in [0.1, 0.15) is 18.2 Å². The van der Waals surface area contributed by atoms with Gasteiger partial charge in [0.2, 0.25) is 0 Å². The normalized spacial score (nSPS) is 29.1. The minimum absolute atomic E-state index is 0.00351. The Bertz CT molecular complexity index is 384. The smallest absolute Gasteiger partial charge is 0.0743 e. The molecule has 0 saturated carbocycles. The van der Waals surface area contributed by atoms with E-state index in [0.29, 0.717) is 6.54 Å². The van der Waals surface area contributed by atoms with Crippen molar-refractivity contribution < 1.29 is 4.74 Å². The van der Waals surface area contributed by atoms with Gasteiger partial charge in [-0.2, -0.15) is 0 Å². The maximum atomic E-state index is 5.99. The Hall–Kier alpha value is 0.0600. The first-order chi connectivity index (χ1) is 8.08. The lowest BCUT2D eigenvalue weighted by molar-refractivity contribution is 0.0249. The first kappa shape index (κ1) is 13.5. The number of halogens is 1. The van der Waals surface area contributed by atoms with E-state index in [-0.39, 0.29) is 11.6 Å². The van der Waals surface area contributed by atoms with Crippen molar-refractivity contribution in [2.75, 3.05) is 20.2 Å². The standard InChI is InChI=1S/C12H19BrN2OS/c1-9-12(8-14,3-4-16-9)15(2)6-11-5-10(13)7-17-11/h5,7,9H,3-4,6,8,14H2,1-2H3. The monoisotopic (exact) mass is 318 g/mol. The molecule has 3 nitrogen and oxygen atoms in total. The van der Waals surface area contributed by atoms with Gasteiger partial charge in [-0.15, -0.1) is 11.3 Å². The molecule has 5 heteroatoms. The highest BCUT2D eigenvalue weighted by Gasteiger charge is 2.43. The average Bonchev–Trinajstić information content (AvgIpc) is 2.86. The van der Waals surface area contributed by atoms with Crippen molar-refractivity contribution in [1.29, 1.82) is 0 Å². The topological polar surface area (TPSA) is 38.5 Å². The van der Waals surface area contributed by atoms with Crippen LogP contribution in [0.2, 0.25) is 0 Å². The van der Waals surface area contributed by atoms with Crippen LogP contribution in [-0.2, 0) is 11.3 Å². The summed E-state index contributed by atoms with van der Waals surface area (Å²) in [7, 11) is 2.14. The molecular formula is C12H19BrN2OS. The van der Waals surface area contributed by atoms with Gasteiger partial charge in [0, 0.05) is 34.4 Å². The molecule has 2 atom stereocenters. The summed E-state index contributed by atoms with van der Waals surface area (Å²) in [5, 5.41) is 2.12. The Morgan fingerprint density at radius 1 is 1.71 bits per heavy atom. The van der Waals surface area contributed by atoms with E-state index in [9.17, 15) is 0 Å². The number of thiophene rings is 1. The highest BCUT2D eigenvalue weighted by atomic mass is 79.9. The average molecular weight is 319 g/mol. The summed E-state index contributed by atoms with van der Waals surface area (Å²) in [4.78, 5) is 3.70. The summed E-state index contributed by atoms with van der Waals surface area (Å²) in [5.41, 5.74) is 5.99. The van der Waals surface area contributed by atoms with Crippen molar-refractivity contribution in [3.05, 3.63) is 20.8 Å². The maximum absolute atomic E-state index is 5.99. The van der Waals surface area contributed by atoms with Crippen molar-refractivity contribution in [1.82, 2.24) is 4.90 Å². The zero-order valence-corrected chi connectivity index (χ0v) is 12.7. The van der Waals surface area contributed by atoms with E-state index < -0.39 is 0 Å². The fourth-order valence-corrected chi connectivity index (χ4v) is 4.03. The number of hydrogen-bond donors (Lipinski definition) is 1. The summed E-state index contributed by atoms with van der Waals surface area (Å²) in [6.07, 6.45) is 1.23. The third-order valence-corrected chi connectivity index (χ3v) is 5.47. The van der Waals surface area contributed by atoms with E-state index >= 15 is 0 Å². The Labute approximate surface area is 115 Å². The van der Waals surface area contributed by atoms with Crippen LogP contribution in [0.4, 0.5) is 0 Å². The largest absolute Gasteiger partial charge is 0.376 e. The molecular weight excluding hydrogens is 300 g/mol. The summed E-state index contributed by atoms with van der Waals surface area (Å²) in [5.74, 6) is 0. The second-order valence-electron chi connectivity index (χ2n) is 4.66. The summed E-state index contributed by atoms with van der Waals surface area (Å²) < 4.78 is 6.85. The molecule has 1 aromatic rings. The van der Waals surface area contributed by atoms with Crippen LogP contribution in [0.15, 0.2) is 15.9 Å². The van der Waals surface area contributed by atoms with Gasteiger partial charge < -0.3 is 10.5 Å². The number of hydrogen-bond acceptors (Lipinski definition) is 4. The second kappa shape index (κ2) is 5.36. The van der Waals surface area contributed by atoms with Crippen LogP contribution in [0, 0.1) is 0 Å². The predicted octanol–water partition coefficient (Wildman–Crippen LogP) is 2.45. The molecule has 0 aliphatic carbocycles. The van der Waals surface area contributed by atoms with Gasteiger partial charge >= 0.3 is 0 Å². The lowest BCUT2D eigenvalue weighted by Gasteiger charge is -2.40. The van der Waals surface area contributed by atoms with Gasteiger partial charge in [-0.3, -0.25) is 4.90 Å². The number of rotatable bonds is 4. The van der Waals surface area contributed by atoms with Crippen molar-refractivity contribution >= 4 is 27.3 Å². The lowest BCUT2D eigenvalue weighted by atomic mass is 9.90. The van der Waals surface area contributed by atoms with Gasteiger partial charge in [0.15, 0.2) is 0 Å². The Kier molecular flexibility index (Phi) is 4.26. The molecule has 1 aliphatic rings. The molecule has 1 aromatic heterocycles. The zero-order chi connectivity index (χ0) is 12.5. The van der Waals surface area contributed by atoms with Gasteiger partial charge in [-0.25, -0.2) is 0 Å². The van der Waals surface area contributed by atoms with Crippen LogP contribution < -0.4 is 5.73 Å². The Morgan fingerprint density at radius 3 is 2.94 bits per heavy atom. The SMILES string of the molecule is CC1OCCC1(CN)N(C)Cc1cc(Br)cs1. The van der Waals surface area contributed by atoms with Crippen molar-refractivity contribution in [2.45, 2.75) is 31.5 Å². The van der Waals surface area contributed by atoms with Crippen LogP contribution in [0.25, 0.3) is 0 Å². The van der Waals surface area contributed by atoms with Crippen molar-refractivity contribution in [3.8, 4) is 0 Å². The van der Waals surface area contributed by atoms with E-state index in [2.05, 4.69) is 46.2 Å². The molecule has 0 spiro atoms. The van der Waals surface area contributed by atoms with Crippen molar-refractivity contribution in [2.24, 2.45) is 5.73 Å². The van der Waals surface area contributed by atoms with Crippen LogP contribution in [-0.4, -0.2) is 36.7 Å². The quantitative estimate of drug-likeness (QED) is 0.926. The fraction of sp³-hybridized carbons (Fsp3) is 0.667. The molecule has 2 heterocycles. The minimum Gasteiger partial charge on any atom is -0.376 e. The predicted molar refractivity (Wildman–Crippen MR) is 75.3 cm³/mol. The highest BCUT2D eigenvalue weighted by molar-refractivity contribution is 9.10. The van der Waals surface area contributed by atoms with E-state index in [4.69, 9.17) is 10.5 Å². The third kappa shape index (κ3) is 2.58. The first-order valence-electron chi connectivity index (χ1n) is 5.84. The van der Waals surface area contributed by atoms with Gasteiger partial charge in [0.1, 0.15) is 0 Å². The number of nitrogens with zero attached hydrogens (tertiary/aromatic N) is 1. The molecule has 96 valence electrons. The molecule has 0 bridgehead atoms. The molecule has 0 radical (unpaired) electrons. The summed E-state index contributed by atoms with van der Waals surface area (Å²) in [6, 6.07) is 2.17. The maximum Gasteiger partial charge on any atom is 0.0743 e. The van der Waals surface area contributed by atoms with E-state index in [0.717, 1.165) is 24.0 Å². The van der Waals surface area contributed by atoms with Gasteiger partial charge in [0.05, 0.1) is 11.6 Å². The molecule has 1 aliphatic heterocycles. The minimum atomic E-state index is -0.00351. The Balaban J connectivity index is 2.10. The molecule has 17 heavy (non-hydrogen) atoms. The van der Waals surface area contributed by atoms with E-state index in [1.165, 1.54) is 4.88 Å². The second-order valence-corrected chi connectivity index (χ2v) is 6.57.